The summed E-state index contributed by atoms with van der Waals surface area (Å²) in [5, 5.41) is 4.95. The second kappa shape index (κ2) is 5.90. The molecule has 0 aliphatic carbocycles. The number of alkyl halides is 3. The predicted octanol–water partition coefficient (Wildman–Crippen LogP) is 4.11. The predicted molar refractivity (Wildman–Crippen MR) is 69.1 cm³/mol. The van der Waals surface area contributed by atoms with E-state index in [2.05, 4.69) is 10.3 Å². The molecule has 0 aromatic carbocycles. The zero-order chi connectivity index (χ0) is 13.9. The van der Waals surface area contributed by atoms with Crippen molar-refractivity contribution < 1.29 is 13.2 Å². The molecule has 0 radical (unpaired) electrons. The van der Waals surface area contributed by atoms with E-state index in [1.807, 2.05) is 17.5 Å². The van der Waals surface area contributed by atoms with E-state index in [1.165, 1.54) is 6.07 Å². The lowest BCUT2D eigenvalue weighted by Crippen LogP contribution is -2.14. The van der Waals surface area contributed by atoms with Crippen molar-refractivity contribution in [1.29, 1.82) is 0 Å². The molecule has 0 amide bonds. The first-order chi connectivity index (χ1) is 8.97. The maximum atomic E-state index is 12.4. The molecule has 1 N–H and O–H groups in total. The molecule has 7 heteroatoms. The molecule has 2 aromatic rings. The van der Waals surface area contributed by atoms with Crippen LogP contribution in [0, 0.1) is 0 Å². The van der Waals surface area contributed by atoms with Gasteiger partial charge in [0.2, 0.25) is 0 Å². The molecule has 0 bridgehead atoms. The first kappa shape index (κ1) is 14.3. The minimum Gasteiger partial charge on any atom is -0.308 e. The first-order valence-corrected chi connectivity index (χ1v) is 6.68. The molecule has 2 aromatic heterocycles. The third-order valence-corrected chi connectivity index (χ3v) is 3.61. The summed E-state index contributed by atoms with van der Waals surface area (Å²) in [4.78, 5) is 4.51. The van der Waals surface area contributed by atoms with E-state index in [1.54, 1.807) is 11.3 Å². The fraction of sp³-hybridized carbons (Fsp3) is 0.250. The maximum absolute atomic E-state index is 12.4. The summed E-state index contributed by atoms with van der Waals surface area (Å²) in [7, 11) is 0. The van der Waals surface area contributed by atoms with Crippen LogP contribution in [-0.2, 0) is 19.3 Å². The van der Waals surface area contributed by atoms with E-state index < -0.39 is 11.9 Å². The monoisotopic (exact) mass is 306 g/mol. The Hall–Kier alpha value is -1.11. The van der Waals surface area contributed by atoms with Gasteiger partial charge in [0.05, 0.1) is 0 Å². The van der Waals surface area contributed by atoms with Crippen molar-refractivity contribution in [3.63, 3.8) is 0 Å². The summed E-state index contributed by atoms with van der Waals surface area (Å²) in [6.45, 7) is 1.02. The van der Waals surface area contributed by atoms with Crippen LogP contribution in [0.25, 0.3) is 0 Å². The molecular weight excluding hydrogens is 297 g/mol. The van der Waals surface area contributed by atoms with Crippen LogP contribution in [0.15, 0.2) is 29.6 Å². The van der Waals surface area contributed by atoms with Crippen molar-refractivity contribution in [3.05, 3.63) is 50.9 Å². The number of nitrogens with zero attached hydrogens (tertiary/aromatic N) is 1. The number of halogens is 4. The molecular formula is C12H10ClF3N2S. The molecule has 0 spiro atoms. The van der Waals surface area contributed by atoms with Gasteiger partial charge in [-0.25, -0.2) is 4.98 Å². The second-order valence-corrected chi connectivity index (χ2v) is 5.22. The Morgan fingerprint density at radius 2 is 2.00 bits per heavy atom. The smallest absolute Gasteiger partial charge is 0.308 e. The quantitative estimate of drug-likeness (QED) is 0.860. The summed E-state index contributed by atoms with van der Waals surface area (Å²) in [6, 6.07) is 6.20. The lowest BCUT2D eigenvalue weighted by molar-refractivity contribution is -0.141. The van der Waals surface area contributed by atoms with Crippen molar-refractivity contribution in [2.45, 2.75) is 19.3 Å². The minimum atomic E-state index is -4.47. The number of nitrogens with one attached hydrogen (secondary N) is 1. The van der Waals surface area contributed by atoms with E-state index in [4.69, 9.17) is 11.6 Å². The largest absolute Gasteiger partial charge is 0.433 e. The van der Waals surface area contributed by atoms with E-state index in [9.17, 15) is 13.2 Å². The van der Waals surface area contributed by atoms with Gasteiger partial charge in [-0.3, -0.25) is 0 Å². The molecule has 0 saturated heterocycles. The van der Waals surface area contributed by atoms with Gasteiger partial charge in [0.25, 0.3) is 0 Å². The Morgan fingerprint density at radius 3 is 2.58 bits per heavy atom. The molecule has 0 saturated carbocycles. The normalized spacial score (nSPS) is 11.8. The van der Waals surface area contributed by atoms with Gasteiger partial charge in [-0.05, 0) is 17.5 Å². The van der Waals surface area contributed by atoms with Crippen molar-refractivity contribution in [2.75, 3.05) is 0 Å². The SMILES string of the molecule is FC(F)(F)c1ccc(CNCc2cccs2)c(Cl)n1. The van der Waals surface area contributed by atoms with Crippen LogP contribution in [0.1, 0.15) is 16.1 Å². The number of hydrogen-bond acceptors (Lipinski definition) is 3. The average Bonchev–Trinajstić information content (AvgIpc) is 2.83. The zero-order valence-corrected chi connectivity index (χ0v) is 11.2. The van der Waals surface area contributed by atoms with Gasteiger partial charge in [0, 0.05) is 23.5 Å². The lowest BCUT2D eigenvalue weighted by atomic mass is 10.2. The van der Waals surface area contributed by atoms with Crippen LogP contribution < -0.4 is 5.32 Å². The van der Waals surface area contributed by atoms with Crippen molar-refractivity contribution in [3.8, 4) is 0 Å². The van der Waals surface area contributed by atoms with Gasteiger partial charge in [0.15, 0.2) is 0 Å². The van der Waals surface area contributed by atoms with Crippen molar-refractivity contribution in [2.24, 2.45) is 0 Å². The fourth-order valence-electron chi connectivity index (χ4n) is 1.49. The highest BCUT2D eigenvalue weighted by Gasteiger charge is 2.32. The van der Waals surface area contributed by atoms with E-state index in [0.717, 1.165) is 10.9 Å². The molecule has 2 heterocycles. The molecule has 102 valence electrons. The maximum Gasteiger partial charge on any atom is 0.433 e. The van der Waals surface area contributed by atoms with Crippen LogP contribution in [-0.4, -0.2) is 4.98 Å². The van der Waals surface area contributed by atoms with Crippen molar-refractivity contribution >= 4 is 22.9 Å². The van der Waals surface area contributed by atoms with Crippen LogP contribution in [0.2, 0.25) is 5.15 Å². The van der Waals surface area contributed by atoms with Crippen molar-refractivity contribution in [1.82, 2.24) is 10.3 Å². The Kier molecular flexibility index (Phi) is 4.44. The number of thiophene rings is 1. The van der Waals surface area contributed by atoms with Gasteiger partial charge >= 0.3 is 6.18 Å². The average molecular weight is 307 g/mol. The van der Waals surface area contributed by atoms with E-state index in [-0.39, 0.29) is 5.15 Å². The Morgan fingerprint density at radius 1 is 1.21 bits per heavy atom. The highest BCUT2D eigenvalue weighted by atomic mass is 35.5. The second-order valence-electron chi connectivity index (χ2n) is 3.83. The number of pyridine rings is 1. The van der Waals surface area contributed by atoms with Gasteiger partial charge in [-0.1, -0.05) is 23.7 Å². The van der Waals surface area contributed by atoms with Gasteiger partial charge in [-0.2, -0.15) is 13.2 Å². The summed E-state index contributed by atoms with van der Waals surface area (Å²) < 4.78 is 37.2. The van der Waals surface area contributed by atoms with Gasteiger partial charge < -0.3 is 5.32 Å². The third kappa shape index (κ3) is 3.92. The molecule has 0 aliphatic heterocycles. The Bertz CT molecular complexity index is 540. The molecule has 2 rings (SSSR count). The lowest BCUT2D eigenvalue weighted by Gasteiger charge is -2.09. The van der Waals surface area contributed by atoms with Gasteiger partial charge in [0.1, 0.15) is 10.8 Å². The summed E-state index contributed by atoms with van der Waals surface area (Å²) >= 11 is 7.36. The Labute approximate surface area is 117 Å². The minimum absolute atomic E-state index is 0.117. The highest BCUT2D eigenvalue weighted by Crippen LogP contribution is 2.29. The molecule has 0 atom stereocenters. The molecule has 2 nitrogen and oxygen atoms in total. The number of hydrogen-bond donors (Lipinski definition) is 1. The highest BCUT2D eigenvalue weighted by molar-refractivity contribution is 7.09. The number of rotatable bonds is 4. The standard InChI is InChI=1S/C12H10ClF3N2S/c13-11-8(3-4-10(18-11)12(14,15)16)6-17-7-9-2-1-5-19-9/h1-5,17H,6-7H2. The summed E-state index contributed by atoms with van der Waals surface area (Å²) in [6.07, 6.45) is -4.47. The van der Waals surface area contributed by atoms with Gasteiger partial charge in [-0.15, -0.1) is 11.3 Å². The number of aromatic nitrogens is 1. The fourth-order valence-corrected chi connectivity index (χ4v) is 2.38. The molecule has 0 unspecified atom stereocenters. The molecule has 0 fully saturated rings. The zero-order valence-electron chi connectivity index (χ0n) is 9.67. The topological polar surface area (TPSA) is 24.9 Å². The van der Waals surface area contributed by atoms with Crippen LogP contribution in [0.4, 0.5) is 13.2 Å². The van der Waals surface area contributed by atoms with Crippen LogP contribution in [0.5, 0.6) is 0 Å². The summed E-state index contributed by atoms with van der Waals surface area (Å²) in [5.74, 6) is 0. The van der Waals surface area contributed by atoms with Crippen LogP contribution >= 0.6 is 22.9 Å². The van der Waals surface area contributed by atoms with Crippen LogP contribution in [0.3, 0.4) is 0 Å². The Balaban J connectivity index is 1.97. The molecule has 0 aliphatic rings. The third-order valence-electron chi connectivity index (χ3n) is 2.41. The van der Waals surface area contributed by atoms with E-state index in [0.29, 0.717) is 18.7 Å². The first-order valence-electron chi connectivity index (χ1n) is 5.42. The molecule has 19 heavy (non-hydrogen) atoms. The van der Waals surface area contributed by atoms with E-state index >= 15 is 0 Å². The summed E-state index contributed by atoms with van der Waals surface area (Å²) in [5.41, 5.74) is -0.425.